The first-order valence-corrected chi connectivity index (χ1v) is 12.7. The molecule has 1 aliphatic heterocycles. The Morgan fingerprint density at radius 1 is 1.13 bits per heavy atom. The number of hydrogen-bond donors (Lipinski definition) is 2. The van der Waals surface area contributed by atoms with Gasteiger partial charge in [-0.05, 0) is 57.5 Å². The fraction of sp³-hybridized carbons (Fsp3) is 0.370. The van der Waals surface area contributed by atoms with Gasteiger partial charge in [-0.15, -0.1) is 0 Å². The van der Waals surface area contributed by atoms with Crippen molar-refractivity contribution in [2.75, 3.05) is 18.9 Å². The number of carbonyl (C=O) groups is 1. The summed E-state index contributed by atoms with van der Waals surface area (Å²) in [7, 11) is 1.77. The quantitative estimate of drug-likeness (QED) is 0.397. The van der Waals surface area contributed by atoms with Crippen LogP contribution in [0.3, 0.4) is 0 Å². The lowest BCUT2D eigenvalue weighted by atomic mass is 10.0. The predicted octanol–water partition coefficient (Wildman–Crippen LogP) is 4.05. The van der Waals surface area contributed by atoms with E-state index in [9.17, 15) is 13.6 Å². The summed E-state index contributed by atoms with van der Waals surface area (Å²) in [6.45, 7) is 4.77. The van der Waals surface area contributed by atoms with Gasteiger partial charge in [-0.25, -0.2) is 28.7 Å². The standard InChI is InChI=1S/C27H28F2N8O/c1-14(30-3)26(38)36-9-8-21-16(13-36)4-7-23(33-21)34-27-31-12-20(29)24(35-27)17-10-19(28)25-22(11-17)37(15(2)32-25)18-5-6-18/h4,7,10-12,14,18,30H,5-6,8-9,13H2,1-3H3,(H,31,33,34,35)/t14-/m1/s1. The molecular weight excluding hydrogens is 490 g/mol. The normalized spacial score (nSPS) is 16.0. The van der Waals surface area contributed by atoms with E-state index in [0.717, 1.165) is 36.1 Å². The maximum atomic E-state index is 15.0. The van der Waals surface area contributed by atoms with E-state index >= 15 is 0 Å². The van der Waals surface area contributed by atoms with Crippen LogP contribution in [0.1, 0.15) is 42.9 Å². The third-order valence-electron chi connectivity index (χ3n) is 7.26. The molecule has 0 spiro atoms. The van der Waals surface area contributed by atoms with Crippen molar-refractivity contribution in [2.24, 2.45) is 0 Å². The first-order valence-electron chi connectivity index (χ1n) is 12.7. The van der Waals surface area contributed by atoms with Crippen LogP contribution in [0.5, 0.6) is 0 Å². The molecule has 2 N–H and O–H groups in total. The molecule has 1 fully saturated rings. The second kappa shape index (κ2) is 9.39. The van der Waals surface area contributed by atoms with Gasteiger partial charge in [0.1, 0.15) is 22.9 Å². The number of rotatable bonds is 6. The Balaban J connectivity index is 1.27. The molecule has 1 aliphatic carbocycles. The van der Waals surface area contributed by atoms with Gasteiger partial charge in [-0.2, -0.15) is 0 Å². The predicted molar refractivity (Wildman–Crippen MR) is 139 cm³/mol. The van der Waals surface area contributed by atoms with Crippen molar-refractivity contribution >= 4 is 28.7 Å². The molecule has 196 valence electrons. The first kappa shape index (κ1) is 24.4. The smallest absolute Gasteiger partial charge is 0.239 e. The Hall–Kier alpha value is -3.99. The Labute approximate surface area is 218 Å². The fourth-order valence-electron chi connectivity index (χ4n) is 5.01. The van der Waals surface area contributed by atoms with Crippen molar-refractivity contribution in [1.82, 2.24) is 34.7 Å². The second-order valence-electron chi connectivity index (χ2n) is 9.92. The molecule has 0 saturated heterocycles. The number of aromatic nitrogens is 5. The molecule has 4 heterocycles. The molecule has 4 aromatic rings. The summed E-state index contributed by atoms with van der Waals surface area (Å²) >= 11 is 0. The molecule has 1 saturated carbocycles. The maximum absolute atomic E-state index is 15.0. The van der Waals surface area contributed by atoms with Crippen molar-refractivity contribution in [3.63, 3.8) is 0 Å². The zero-order valence-corrected chi connectivity index (χ0v) is 21.4. The van der Waals surface area contributed by atoms with Gasteiger partial charge in [0, 0.05) is 36.8 Å². The molecular formula is C27H28F2N8O. The number of halogens is 2. The van der Waals surface area contributed by atoms with Gasteiger partial charge in [0.15, 0.2) is 11.6 Å². The SMILES string of the molecule is CN[C@H](C)C(=O)N1CCc2nc(Nc3ncc(F)c(-c4cc(F)c5nc(C)n(C6CC6)c5c4)n3)ccc2C1. The van der Waals surface area contributed by atoms with Gasteiger partial charge >= 0.3 is 0 Å². The van der Waals surface area contributed by atoms with E-state index in [2.05, 4.69) is 30.6 Å². The van der Waals surface area contributed by atoms with Gasteiger partial charge < -0.3 is 20.1 Å². The average molecular weight is 519 g/mol. The highest BCUT2D eigenvalue weighted by Gasteiger charge is 2.29. The third-order valence-corrected chi connectivity index (χ3v) is 7.26. The van der Waals surface area contributed by atoms with E-state index in [-0.39, 0.29) is 29.1 Å². The number of fused-ring (bicyclic) bond motifs is 2. The van der Waals surface area contributed by atoms with Gasteiger partial charge in [0.05, 0.1) is 17.8 Å². The Bertz CT molecular complexity index is 1560. The summed E-state index contributed by atoms with van der Waals surface area (Å²) in [6.07, 6.45) is 3.73. The van der Waals surface area contributed by atoms with Crippen LogP contribution < -0.4 is 10.6 Å². The van der Waals surface area contributed by atoms with Crippen LogP contribution >= 0.6 is 0 Å². The molecule has 1 amide bonds. The van der Waals surface area contributed by atoms with Gasteiger partial charge in [0.2, 0.25) is 11.9 Å². The van der Waals surface area contributed by atoms with Gasteiger partial charge in [0.25, 0.3) is 0 Å². The number of hydrogen-bond acceptors (Lipinski definition) is 7. The van der Waals surface area contributed by atoms with E-state index in [0.29, 0.717) is 42.5 Å². The van der Waals surface area contributed by atoms with Crippen LogP contribution in [0.2, 0.25) is 0 Å². The molecule has 1 atom stereocenters. The molecule has 9 nitrogen and oxygen atoms in total. The number of aryl methyl sites for hydroxylation is 1. The fourth-order valence-corrected chi connectivity index (χ4v) is 5.01. The summed E-state index contributed by atoms with van der Waals surface area (Å²) in [4.78, 5) is 31.8. The molecule has 0 radical (unpaired) electrons. The molecule has 1 aromatic carbocycles. The highest BCUT2D eigenvalue weighted by molar-refractivity contribution is 5.83. The molecule has 6 rings (SSSR count). The zero-order chi connectivity index (χ0) is 26.6. The lowest BCUT2D eigenvalue weighted by molar-refractivity contribution is -0.133. The number of nitrogens with one attached hydrogen (secondary N) is 2. The summed E-state index contributed by atoms with van der Waals surface area (Å²) < 4.78 is 31.9. The van der Waals surface area contributed by atoms with Crippen LogP contribution in [0.15, 0.2) is 30.5 Å². The number of imidazole rings is 1. The third kappa shape index (κ3) is 4.36. The minimum atomic E-state index is -0.650. The highest BCUT2D eigenvalue weighted by Crippen LogP contribution is 2.40. The lowest BCUT2D eigenvalue weighted by Gasteiger charge is -2.30. The lowest BCUT2D eigenvalue weighted by Crippen LogP contribution is -2.45. The van der Waals surface area contributed by atoms with Crippen LogP contribution in [-0.4, -0.2) is 54.9 Å². The summed E-state index contributed by atoms with van der Waals surface area (Å²) in [5.74, 6) is 0.289. The summed E-state index contributed by atoms with van der Waals surface area (Å²) in [5.41, 5.74) is 3.10. The van der Waals surface area contributed by atoms with Crippen molar-refractivity contribution < 1.29 is 13.6 Å². The first-order chi connectivity index (χ1) is 18.3. The van der Waals surface area contributed by atoms with Crippen LogP contribution in [-0.2, 0) is 17.8 Å². The number of anilines is 2. The van der Waals surface area contributed by atoms with Crippen LogP contribution in [0, 0.1) is 18.6 Å². The second-order valence-corrected chi connectivity index (χ2v) is 9.92. The number of carbonyl (C=O) groups excluding carboxylic acids is 1. The van der Waals surface area contributed by atoms with E-state index in [1.165, 1.54) is 6.07 Å². The number of nitrogens with zero attached hydrogens (tertiary/aromatic N) is 6. The summed E-state index contributed by atoms with van der Waals surface area (Å²) in [6, 6.07) is 6.76. The number of likely N-dealkylation sites (N-methyl/N-ethyl adjacent to an activating group) is 1. The van der Waals surface area contributed by atoms with Gasteiger partial charge in [-0.1, -0.05) is 6.07 Å². The summed E-state index contributed by atoms with van der Waals surface area (Å²) in [5, 5.41) is 6.03. The molecule has 3 aromatic heterocycles. The molecule has 11 heteroatoms. The van der Waals surface area contributed by atoms with Crippen molar-refractivity contribution in [1.29, 1.82) is 0 Å². The average Bonchev–Trinajstić information content (AvgIpc) is 3.69. The monoisotopic (exact) mass is 518 g/mol. The van der Waals surface area contributed by atoms with Crippen LogP contribution in [0.4, 0.5) is 20.5 Å². The molecule has 0 bridgehead atoms. The Kier molecular flexibility index (Phi) is 6.02. The molecule has 2 aliphatic rings. The number of pyridine rings is 1. The van der Waals surface area contributed by atoms with Crippen molar-refractivity contribution in [3.8, 4) is 11.3 Å². The minimum absolute atomic E-state index is 0.00438. The molecule has 38 heavy (non-hydrogen) atoms. The van der Waals surface area contributed by atoms with Crippen LogP contribution in [0.25, 0.3) is 22.3 Å². The number of amides is 1. The zero-order valence-electron chi connectivity index (χ0n) is 21.4. The van der Waals surface area contributed by atoms with E-state index in [1.54, 1.807) is 19.2 Å². The van der Waals surface area contributed by atoms with Crippen molar-refractivity contribution in [2.45, 2.75) is 51.7 Å². The maximum Gasteiger partial charge on any atom is 0.239 e. The highest BCUT2D eigenvalue weighted by atomic mass is 19.1. The van der Waals surface area contributed by atoms with Crippen molar-refractivity contribution in [3.05, 3.63) is 59.2 Å². The largest absolute Gasteiger partial charge is 0.337 e. The Morgan fingerprint density at radius 2 is 1.95 bits per heavy atom. The Morgan fingerprint density at radius 3 is 2.71 bits per heavy atom. The van der Waals surface area contributed by atoms with E-state index in [1.807, 2.05) is 29.4 Å². The minimum Gasteiger partial charge on any atom is -0.337 e. The van der Waals surface area contributed by atoms with E-state index in [4.69, 9.17) is 0 Å². The number of benzene rings is 1. The topological polar surface area (TPSA) is 101 Å². The molecule has 0 unspecified atom stereocenters. The van der Waals surface area contributed by atoms with E-state index < -0.39 is 11.6 Å². The van der Waals surface area contributed by atoms with Gasteiger partial charge in [-0.3, -0.25) is 4.79 Å².